The third-order valence-electron chi connectivity index (χ3n) is 2.98. The van der Waals surface area contributed by atoms with Crippen molar-refractivity contribution in [3.05, 3.63) is 54.4 Å². The maximum Gasteiger partial charge on any atom is 0.322 e. The first-order chi connectivity index (χ1) is 9.25. The molecule has 0 aliphatic rings. The molecule has 96 valence electrons. The number of nitrogens with one attached hydrogen (secondary N) is 1. The molecule has 3 rings (SSSR count). The van der Waals surface area contributed by atoms with E-state index in [-0.39, 0.29) is 5.25 Å². The molecule has 4 nitrogen and oxygen atoms in total. The van der Waals surface area contributed by atoms with Gasteiger partial charge in [-0.3, -0.25) is 9.97 Å². The van der Waals surface area contributed by atoms with Crippen LogP contribution in [0, 0.1) is 0 Å². The molecular formula is C14H13N3OS. The zero-order valence-corrected chi connectivity index (χ0v) is 11.2. The van der Waals surface area contributed by atoms with E-state index in [2.05, 4.69) is 15.0 Å². The van der Waals surface area contributed by atoms with Crippen LogP contribution in [0.15, 0.2) is 53.8 Å². The number of rotatable bonds is 3. The summed E-state index contributed by atoms with van der Waals surface area (Å²) in [5.41, 5.74) is 2.54. The van der Waals surface area contributed by atoms with Gasteiger partial charge in [-0.2, -0.15) is 4.98 Å². The molecule has 2 atom stereocenters. The van der Waals surface area contributed by atoms with E-state index in [0.29, 0.717) is 5.16 Å². The smallest absolute Gasteiger partial charge is 0.322 e. The van der Waals surface area contributed by atoms with Gasteiger partial charge in [-0.25, -0.2) is 0 Å². The lowest BCUT2D eigenvalue weighted by atomic mass is 10.3. The minimum Gasteiger partial charge on any atom is -0.608 e. The summed E-state index contributed by atoms with van der Waals surface area (Å²) < 4.78 is 12.5. The molecule has 0 saturated carbocycles. The molecule has 0 amide bonds. The summed E-state index contributed by atoms with van der Waals surface area (Å²) in [6.07, 6.45) is 1.71. The van der Waals surface area contributed by atoms with E-state index in [4.69, 9.17) is 0 Å². The second-order valence-corrected chi connectivity index (χ2v) is 5.94. The molecule has 2 heterocycles. The average Bonchev–Trinajstić information content (AvgIpc) is 2.90. The Morgan fingerprint density at radius 3 is 2.68 bits per heavy atom. The van der Waals surface area contributed by atoms with Gasteiger partial charge >= 0.3 is 5.16 Å². The highest BCUT2D eigenvalue weighted by molar-refractivity contribution is 7.91. The average molecular weight is 271 g/mol. The maximum atomic E-state index is 12.5. The third kappa shape index (κ3) is 2.34. The van der Waals surface area contributed by atoms with Crippen molar-refractivity contribution < 1.29 is 4.55 Å². The topological polar surface area (TPSA) is 64.6 Å². The van der Waals surface area contributed by atoms with E-state index >= 15 is 0 Å². The number of fused-ring (bicyclic) bond motifs is 1. The predicted molar refractivity (Wildman–Crippen MR) is 75.2 cm³/mol. The molecule has 0 fully saturated rings. The van der Waals surface area contributed by atoms with E-state index in [9.17, 15) is 4.55 Å². The first-order valence-electron chi connectivity index (χ1n) is 6.02. The van der Waals surface area contributed by atoms with Crippen molar-refractivity contribution in [3.8, 4) is 0 Å². The number of pyridine rings is 1. The molecule has 3 aromatic rings. The zero-order chi connectivity index (χ0) is 13.2. The van der Waals surface area contributed by atoms with Crippen LogP contribution in [-0.2, 0) is 11.2 Å². The van der Waals surface area contributed by atoms with Crippen molar-refractivity contribution in [1.82, 2.24) is 15.0 Å². The third-order valence-corrected chi connectivity index (χ3v) is 4.44. The van der Waals surface area contributed by atoms with Crippen LogP contribution in [0.1, 0.15) is 17.9 Å². The molecule has 0 radical (unpaired) electrons. The summed E-state index contributed by atoms with van der Waals surface area (Å²) in [4.78, 5) is 11.7. The Morgan fingerprint density at radius 1 is 1.16 bits per heavy atom. The van der Waals surface area contributed by atoms with Crippen molar-refractivity contribution in [3.63, 3.8) is 0 Å². The number of nitrogens with zero attached hydrogens (tertiary/aromatic N) is 2. The minimum absolute atomic E-state index is 0.193. The van der Waals surface area contributed by atoms with Gasteiger partial charge in [-0.15, -0.1) is 0 Å². The summed E-state index contributed by atoms with van der Waals surface area (Å²) in [5, 5.41) is 0.307. The fourth-order valence-corrected chi connectivity index (χ4v) is 3.01. The standard InChI is InChI=1S/C14H13N3OS/c1-10(11-6-4-5-9-15-11)19(18)14-16-12-7-2-3-8-13(12)17-14/h2-10H,1H3,(H,16,17). The monoisotopic (exact) mass is 271 g/mol. The summed E-state index contributed by atoms with van der Waals surface area (Å²) in [7, 11) is 0. The molecule has 19 heavy (non-hydrogen) atoms. The van der Waals surface area contributed by atoms with Gasteiger partial charge in [0.1, 0.15) is 0 Å². The number of hydrogen-bond acceptors (Lipinski definition) is 3. The van der Waals surface area contributed by atoms with Crippen LogP contribution >= 0.6 is 0 Å². The largest absolute Gasteiger partial charge is 0.608 e. The van der Waals surface area contributed by atoms with Gasteiger partial charge in [0.25, 0.3) is 0 Å². The Morgan fingerprint density at radius 2 is 1.95 bits per heavy atom. The normalized spacial score (nSPS) is 14.4. The number of aromatic amines is 1. The Hall–Kier alpha value is -1.85. The second kappa shape index (κ2) is 5.03. The Labute approximate surface area is 114 Å². The molecule has 0 aliphatic carbocycles. The molecule has 5 heteroatoms. The first kappa shape index (κ1) is 12.2. The number of imidazole rings is 1. The summed E-state index contributed by atoms with van der Waals surface area (Å²) in [5.74, 6) is 0. The van der Waals surface area contributed by atoms with Crippen LogP contribution in [0.3, 0.4) is 0 Å². The zero-order valence-electron chi connectivity index (χ0n) is 10.4. The lowest BCUT2D eigenvalue weighted by Crippen LogP contribution is -2.13. The molecule has 1 N–H and O–H groups in total. The molecule has 0 aliphatic heterocycles. The molecule has 1 aromatic carbocycles. The van der Waals surface area contributed by atoms with Crippen molar-refractivity contribution >= 4 is 22.2 Å². The van der Waals surface area contributed by atoms with Crippen molar-refractivity contribution in [2.75, 3.05) is 0 Å². The van der Waals surface area contributed by atoms with Gasteiger partial charge < -0.3 is 4.55 Å². The quantitative estimate of drug-likeness (QED) is 0.745. The fraction of sp³-hybridized carbons (Fsp3) is 0.143. The number of H-pyrrole nitrogens is 1. The fourth-order valence-electron chi connectivity index (χ4n) is 1.92. The van der Waals surface area contributed by atoms with E-state index in [0.717, 1.165) is 16.7 Å². The van der Waals surface area contributed by atoms with E-state index in [1.807, 2.05) is 49.4 Å². The second-order valence-electron chi connectivity index (χ2n) is 4.25. The van der Waals surface area contributed by atoms with Gasteiger partial charge in [-0.05, 0) is 31.2 Å². The van der Waals surface area contributed by atoms with Gasteiger partial charge in [0.05, 0.1) is 16.7 Å². The highest BCUT2D eigenvalue weighted by Gasteiger charge is 2.26. The number of para-hydroxylation sites is 2. The van der Waals surface area contributed by atoms with E-state index in [1.54, 1.807) is 6.20 Å². The van der Waals surface area contributed by atoms with Crippen LogP contribution in [-0.4, -0.2) is 19.5 Å². The van der Waals surface area contributed by atoms with Crippen molar-refractivity contribution in [2.24, 2.45) is 0 Å². The molecule has 2 aromatic heterocycles. The Bertz CT molecular complexity index is 650. The maximum absolute atomic E-state index is 12.5. The molecular weight excluding hydrogens is 258 g/mol. The summed E-state index contributed by atoms with van der Waals surface area (Å²) in [6.45, 7) is 1.89. The molecule has 2 unspecified atom stereocenters. The van der Waals surface area contributed by atoms with Gasteiger partial charge in [0.2, 0.25) is 0 Å². The molecule has 0 bridgehead atoms. The van der Waals surface area contributed by atoms with Gasteiger partial charge in [-0.1, -0.05) is 18.2 Å². The first-order valence-corrected chi connectivity index (χ1v) is 7.23. The highest BCUT2D eigenvalue weighted by Crippen LogP contribution is 2.26. The summed E-state index contributed by atoms with van der Waals surface area (Å²) >= 11 is -1.24. The number of aromatic nitrogens is 3. The van der Waals surface area contributed by atoms with Crippen LogP contribution in [0.4, 0.5) is 0 Å². The Kier molecular flexibility index (Phi) is 3.23. The lowest BCUT2D eigenvalue weighted by Gasteiger charge is -2.14. The van der Waals surface area contributed by atoms with Gasteiger partial charge in [0, 0.05) is 17.4 Å². The summed E-state index contributed by atoms with van der Waals surface area (Å²) in [6, 6.07) is 13.3. The lowest BCUT2D eigenvalue weighted by molar-refractivity contribution is 0.577. The highest BCUT2D eigenvalue weighted by atomic mass is 32.2. The van der Waals surface area contributed by atoms with Crippen LogP contribution < -0.4 is 0 Å². The van der Waals surface area contributed by atoms with Gasteiger partial charge in [0.15, 0.2) is 5.25 Å². The minimum atomic E-state index is -1.24. The molecule has 0 spiro atoms. The number of hydrogen-bond donors (Lipinski definition) is 1. The van der Waals surface area contributed by atoms with Crippen LogP contribution in [0.2, 0.25) is 0 Å². The predicted octanol–water partition coefficient (Wildman–Crippen LogP) is 2.83. The van der Waals surface area contributed by atoms with Crippen LogP contribution in [0.25, 0.3) is 11.0 Å². The number of benzene rings is 1. The SMILES string of the molecule is CC(c1ccccn1)[S+]([O-])c1nc2ccccc2[nH]1. The van der Waals surface area contributed by atoms with Crippen molar-refractivity contribution in [2.45, 2.75) is 17.3 Å². The molecule has 0 saturated heterocycles. The van der Waals surface area contributed by atoms with Crippen LogP contribution in [0.5, 0.6) is 0 Å². The van der Waals surface area contributed by atoms with E-state index < -0.39 is 11.2 Å². The van der Waals surface area contributed by atoms with Crippen molar-refractivity contribution in [1.29, 1.82) is 0 Å². The van der Waals surface area contributed by atoms with E-state index in [1.165, 1.54) is 0 Å². The Balaban J connectivity index is 1.93.